The number of alkyl halides is 3. The second-order valence-corrected chi connectivity index (χ2v) is 15.9. The molecule has 0 radical (unpaired) electrons. The zero-order valence-electron chi connectivity index (χ0n) is 31.6. The number of carbonyl (C=O) groups is 2. The summed E-state index contributed by atoms with van der Waals surface area (Å²) in [7, 11) is 5.24. The number of ether oxygens (including phenoxy) is 2. The molecule has 6 rings (SSSR count). The van der Waals surface area contributed by atoms with Crippen molar-refractivity contribution in [2.24, 2.45) is 13.0 Å². The number of hydrogen-bond donors (Lipinski definition) is 2. The van der Waals surface area contributed by atoms with Crippen LogP contribution < -0.4 is 15.4 Å². The Balaban J connectivity index is 1.21. The van der Waals surface area contributed by atoms with Crippen LogP contribution in [-0.2, 0) is 36.1 Å². The number of methoxy groups -OCH3 is 1. The molecule has 2 aliphatic heterocycles. The molecular weight excluding hydrogens is 756 g/mol. The Morgan fingerprint density at radius 1 is 1.02 bits per heavy atom. The number of aromatic nitrogens is 2. The lowest BCUT2D eigenvalue weighted by Gasteiger charge is -2.25. The molecule has 3 heterocycles. The van der Waals surface area contributed by atoms with E-state index in [-0.39, 0.29) is 39.0 Å². The van der Waals surface area contributed by atoms with Gasteiger partial charge in [-0.2, -0.15) is 13.2 Å². The molecule has 2 aliphatic rings. The first-order chi connectivity index (χ1) is 25.9. The molecule has 10 nitrogen and oxygen atoms in total. The van der Waals surface area contributed by atoms with E-state index in [1.165, 1.54) is 31.4 Å². The van der Waals surface area contributed by atoms with Gasteiger partial charge in [0.05, 0.1) is 40.1 Å². The number of benzene rings is 3. The average Bonchev–Trinajstić information content (AvgIpc) is 3.71. The zero-order chi connectivity index (χ0) is 39.8. The molecule has 1 amide bonds. The predicted octanol–water partition coefficient (Wildman–Crippen LogP) is 8.52. The summed E-state index contributed by atoms with van der Waals surface area (Å²) in [6, 6.07) is 11.9. The molecule has 2 unspecified atom stereocenters. The largest absolute Gasteiger partial charge is 0.496 e. The zero-order valence-corrected chi connectivity index (χ0v) is 33.1. The van der Waals surface area contributed by atoms with E-state index in [4.69, 9.17) is 32.7 Å². The lowest BCUT2D eigenvalue weighted by atomic mass is 9.98. The van der Waals surface area contributed by atoms with Gasteiger partial charge in [0.25, 0.3) is 5.91 Å². The molecule has 4 aromatic rings. The number of nitrogens with one attached hydrogen (secondary N) is 2. The number of amides is 1. The normalized spacial score (nSPS) is 17.1. The highest BCUT2D eigenvalue weighted by atomic mass is 35.5. The van der Waals surface area contributed by atoms with Crippen LogP contribution in [0.5, 0.6) is 5.75 Å². The topological polar surface area (TPSA) is 101 Å². The molecule has 3 aromatic carbocycles. The fraction of sp³-hybridized carbons (Fsp3) is 0.425. The maximum absolute atomic E-state index is 14.8. The Labute approximate surface area is 328 Å². The Hall–Kier alpha value is -4.30. The van der Waals surface area contributed by atoms with Crippen LogP contribution in [0.2, 0.25) is 10.0 Å². The Kier molecular flexibility index (Phi) is 11.8. The third-order valence-electron chi connectivity index (χ3n) is 9.83. The van der Waals surface area contributed by atoms with E-state index in [2.05, 4.69) is 25.4 Å². The minimum atomic E-state index is -4.73. The van der Waals surface area contributed by atoms with E-state index in [0.717, 1.165) is 24.4 Å². The predicted molar refractivity (Wildman–Crippen MR) is 208 cm³/mol. The molecule has 1 saturated heterocycles. The van der Waals surface area contributed by atoms with Gasteiger partial charge in [-0.1, -0.05) is 53.5 Å². The van der Waals surface area contributed by atoms with Crippen LogP contribution in [0.4, 0.5) is 24.5 Å². The summed E-state index contributed by atoms with van der Waals surface area (Å²) in [6.45, 7) is 8.47. The number of esters is 1. The van der Waals surface area contributed by atoms with Crippen LogP contribution in [0.1, 0.15) is 66.4 Å². The van der Waals surface area contributed by atoms with E-state index in [0.29, 0.717) is 60.7 Å². The first kappa shape index (κ1) is 40.4. The molecule has 0 aliphatic carbocycles. The Morgan fingerprint density at radius 2 is 1.76 bits per heavy atom. The summed E-state index contributed by atoms with van der Waals surface area (Å²) in [5, 5.41) is 5.70. The van der Waals surface area contributed by atoms with Crippen molar-refractivity contribution >= 4 is 46.5 Å². The summed E-state index contributed by atoms with van der Waals surface area (Å²) in [6.07, 6.45) is -3.33. The van der Waals surface area contributed by atoms with Crippen LogP contribution >= 0.6 is 23.2 Å². The number of fused-ring (bicyclic) bond motifs is 1. The van der Waals surface area contributed by atoms with Crippen molar-refractivity contribution in [2.75, 3.05) is 44.4 Å². The summed E-state index contributed by atoms with van der Waals surface area (Å²) < 4.78 is 57.4. The number of nitrogens with zero attached hydrogens (tertiary/aromatic N) is 4. The van der Waals surface area contributed by atoms with Crippen LogP contribution in [-0.4, -0.2) is 76.8 Å². The number of anilines is 2. The third-order valence-corrected chi connectivity index (χ3v) is 10.6. The molecule has 0 saturated carbocycles. The fourth-order valence-electron chi connectivity index (χ4n) is 7.10. The molecule has 2 atom stereocenters. The second-order valence-electron chi connectivity index (χ2n) is 15.1. The molecular formula is C40H45Cl2F3N6O4. The molecule has 2 N–H and O–H groups in total. The van der Waals surface area contributed by atoms with Crippen LogP contribution in [0.3, 0.4) is 0 Å². The number of likely N-dealkylation sites (tertiary alicyclic amines) is 1. The SMILES string of the molecule is COc1cc(NC(c2cccc(-c3cccc(NC(=O)c4nc5c(n4C)CCN(C)C5)c3Cl)c2)C(F)(F)F)c(Cl)cc1CN1CCC(C(=O)OC(C)(C)C)C1. The quantitative estimate of drug-likeness (QED) is 0.154. The van der Waals surface area contributed by atoms with Crippen molar-refractivity contribution < 1.29 is 32.2 Å². The monoisotopic (exact) mass is 800 g/mol. The van der Waals surface area contributed by atoms with Gasteiger partial charge >= 0.3 is 12.1 Å². The highest BCUT2D eigenvalue weighted by molar-refractivity contribution is 6.36. The molecule has 294 valence electrons. The van der Waals surface area contributed by atoms with Gasteiger partial charge in [-0.15, -0.1) is 0 Å². The Bertz CT molecular complexity index is 2080. The van der Waals surface area contributed by atoms with Gasteiger partial charge in [0.1, 0.15) is 17.4 Å². The van der Waals surface area contributed by atoms with Gasteiger partial charge < -0.3 is 29.6 Å². The summed E-state index contributed by atoms with van der Waals surface area (Å²) >= 11 is 13.5. The van der Waals surface area contributed by atoms with E-state index < -0.39 is 23.7 Å². The number of imidazole rings is 1. The van der Waals surface area contributed by atoms with Crippen molar-refractivity contribution in [3.8, 4) is 16.9 Å². The Morgan fingerprint density at radius 3 is 2.47 bits per heavy atom. The maximum Gasteiger partial charge on any atom is 0.412 e. The number of rotatable bonds is 10. The standard InChI is InChI=1S/C40H45Cl2F3N6O4/c1-39(2,3)55-38(53)25-13-16-51(20-25)21-26-18-28(41)30(19-33(26)54-6)46-35(40(43,44)45)24-10-7-9-23(17-24)27-11-8-12-29(34(27)42)48-37(52)36-47-31-22-49(4)15-14-32(31)50(36)5/h7-12,17-19,25,35,46H,13-16,20-22H2,1-6H3,(H,48,52). The first-order valence-corrected chi connectivity index (χ1v) is 18.8. The molecule has 0 bridgehead atoms. The number of halogens is 5. The lowest BCUT2D eigenvalue weighted by Crippen LogP contribution is -2.30. The molecule has 55 heavy (non-hydrogen) atoms. The van der Waals surface area contributed by atoms with Crippen molar-refractivity contribution in [1.82, 2.24) is 19.4 Å². The highest BCUT2D eigenvalue weighted by Crippen LogP contribution is 2.42. The van der Waals surface area contributed by atoms with Gasteiger partial charge in [-0.05, 0) is 70.1 Å². The lowest BCUT2D eigenvalue weighted by molar-refractivity contribution is -0.159. The fourth-order valence-corrected chi connectivity index (χ4v) is 7.62. The van der Waals surface area contributed by atoms with E-state index >= 15 is 0 Å². The smallest absolute Gasteiger partial charge is 0.412 e. The van der Waals surface area contributed by atoms with Gasteiger partial charge in [-0.3, -0.25) is 14.5 Å². The van der Waals surface area contributed by atoms with Gasteiger partial charge in [-0.25, -0.2) is 4.98 Å². The first-order valence-electron chi connectivity index (χ1n) is 18.0. The van der Waals surface area contributed by atoms with Crippen molar-refractivity contribution in [2.45, 2.75) is 64.5 Å². The van der Waals surface area contributed by atoms with Crippen molar-refractivity contribution in [3.05, 3.63) is 93.0 Å². The number of likely N-dealkylation sites (N-methyl/N-ethyl adjacent to an activating group) is 1. The van der Waals surface area contributed by atoms with Gasteiger partial charge in [0.2, 0.25) is 0 Å². The second kappa shape index (κ2) is 16.0. The molecule has 1 aromatic heterocycles. The minimum Gasteiger partial charge on any atom is -0.496 e. The van der Waals surface area contributed by atoms with Crippen LogP contribution in [0.25, 0.3) is 11.1 Å². The highest BCUT2D eigenvalue weighted by Gasteiger charge is 2.42. The number of hydrogen-bond acceptors (Lipinski definition) is 8. The maximum atomic E-state index is 14.8. The summed E-state index contributed by atoms with van der Waals surface area (Å²) in [5.41, 5.74) is 3.03. The minimum absolute atomic E-state index is 0.0356. The third kappa shape index (κ3) is 9.23. The van der Waals surface area contributed by atoms with E-state index in [1.54, 1.807) is 41.9 Å². The van der Waals surface area contributed by atoms with Crippen LogP contribution in [0.15, 0.2) is 54.6 Å². The van der Waals surface area contributed by atoms with Crippen molar-refractivity contribution in [3.63, 3.8) is 0 Å². The van der Waals surface area contributed by atoms with E-state index in [1.807, 2.05) is 27.8 Å². The molecule has 1 fully saturated rings. The van der Waals surface area contributed by atoms with E-state index in [9.17, 15) is 22.8 Å². The van der Waals surface area contributed by atoms with Gasteiger partial charge in [0, 0.05) is 62.5 Å². The van der Waals surface area contributed by atoms with Gasteiger partial charge in [0.15, 0.2) is 5.82 Å². The van der Waals surface area contributed by atoms with Crippen molar-refractivity contribution in [1.29, 1.82) is 0 Å². The average molecular weight is 802 g/mol. The number of carbonyl (C=O) groups excluding carboxylic acids is 2. The summed E-state index contributed by atoms with van der Waals surface area (Å²) in [4.78, 5) is 34.8. The molecule has 0 spiro atoms. The molecule has 15 heteroatoms. The van der Waals surface area contributed by atoms with Crippen LogP contribution in [0, 0.1) is 5.92 Å². The summed E-state index contributed by atoms with van der Waals surface area (Å²) in [5.74, 6) is -0.381.